The number of rotatable bonds is 8. The van der Waals surface area contributed by atoms with Crippen molar-refractivity contribution in [3.63, 3.8) is 0 Å². The normalized spacial score (nSPS) is 10.6. The van der Waals surface area contributed by atoms with E-state index in [-0.39, 0.29) is 24.6 Å². The molecule has 35 heavy (non-hydrogen) atoms. The molecular weight excluding hydrogens is 448 g/mol. The van der Waals surface area contributed by atoms with Gasteiger partial charge in [-0.25, -0.2) is 4.98 Å². The lowest BCUT2D eigenvalue weighted by Crippen LogP contribution is -2.30. The zero-order valence-electron chi connectivity index (χ0n) is 19.3. The van der Waals surface area contributed by atoms with Crippen molar-refractivity contribution in [1.29, 1.82) is 0 Å². The van der Waals surface area contributed by atoms with Crippen molar-refractivity contribution in [2.75, 3.05) is 24.4 Å². The number of methoxy groups -OCH3 is 1. The number of nitrogens with one attached hydrogen (secondary N) is 2. The molecule has 9 heteroatoms. The van der Waals surface area contributed by atoms with Gasteiger partial charge in [0.25, 0.3) is 11.5 Å². The molecule has 0 radical (unpaired) electrons. The van der Waals surface area contributed by atoms with Crippen LogP contribution in [-0.4, -0.2) is 35.1 Å². The molecule has 0 saturated heterocycles. The van der Waals surface area contributed by atoms with Gasteiger partial charge in [-0.3, -0.25) is 19.0 Å². The van der Waals surface area contributed by atoms with E-state index in [2.05, 4.69) is 15.6 Å². The van der Waals surface area contributed by atoms with Crippen molar-refractivity contribution in [3.05, 3.63) is 89.0 Å². The van der Waals surface area contributed by atoms with Gasteiger partial charge in [-0.2, -0.15) is 0 Å². The number of fused-ring (bicyclic) bond motifs is 1. The van der Waals surface area contributed by atoms with Gasteiger partial charge in [0.1, 0.15) is 12.4 Å². The van der Waals surface area contributed by atoms with Crippen molar-refractivity contribution in [2.24, 2.45) is 0 Å². The van der Waals surface area contributed by atoms with Crippen LogP contribution in [0.5, 0.6) is 11.5 Å². The van der Waals surface area contributed by atoms with Crippen molar-refractivity contribution in [1.82, 2.24) is 9.55 Å². The number of carbonyl (C=O) groups excluding carboxylic acids is 2. The summed E-state index contributed by atoms with van der Waals surface area (Å²) in [6.45, 7) is 1.28. The van der Waals surface area contributed by atoms with Crippen LogP contribution in [0.15, 0.2) is 77.6 Å². The summed E-state index contributed by atoms with van der Waals surface area (Å²) in [5.74, 6) is 0.666. The van der Waals surface area contributed by atoms with E-state index < -0.39 is 5.91 Å². The van der Waals surface area contributed by atoms with Crippen LogP contribution < -0.4 is 25.7 Å². The molecule has 2 N–H and O–H groups in total. The fourth-order valence-electron chi connectivity index (χ4n) is 3.56. The van der Waals surface area contributed by atoms with E-state index in [0.29, 0.717) is 39.6 Å². The predicted octanol–water partition coefficient (Wildman–Crippen LogP) is 3.37. The molecule has 3 aromatic carbocycles. The lowest BCUT2D eigenvalue weighted by molar-refractivity contribution is -0.118. The number of hydrogen-bond donors (Lipinski definition) is 2. The SMILES string of the molecule is COc1ccccc1OCC(=O)Nc1cccc(NC(=O)Cn2c(C)nc3ccccc3c2=O)c1. The average molecular weight is 473 g/mol. The van der Waals surface area contributed by atoms with Crippen LogP contribution in [0.3, 0.4) is 0 Å². The number of amides is 2. The van der Waals surface area contributed by atoms with E-state index in [1.807, 2.05) is 6.07 Å². The molecule has 0 unspecified atom stereocenters. The predicted molar refractivity (Wildman–Crippen MR) is 133 cm³/mol. The molecule has 0 spiro atoms. The first-order chi connectivity index (χ1) is 16.9. The number of ether oxygens (including phenoxy) is 2. The van der Waals surface area contributed by atoms with Crippen LogP contribution in [0.25, 0.3) is 10.9 Å². The quantitative estimate of drug-likeness (QED) is 0.407. The van der Waals surface area contributed by atoms with Gasteiger partial charge in [-0.1, -0.05) is 30.3 Å². The number of para-hydroxylation sites is 3. The van der Waals surface area contributed by atoms with Gasteiger partial charge in [0.05, 0.1) is 18.0 Å². The Labute approximate surface area is 201 Å². The van der Waals surface area contributed by atoms with Crippen molar-refractivity contribution < 1.29 is 19.1 Å². The highest BCUT2D eigenvalue weighted by atomic mass is 16.5. The van der Waals surface area contributed by atoms with Gasteiger partial charge in [0.2, 0.25) is 5.91 Å². The zero-order valence-corrected chi connectivity index (χ0v) is 19.3. The number of carbonyl (C=O) groups is 2. The second-order valence-electron chi connectivity index (χ2n) is 7.68. The third kappa shape index (κ3) is 5.64. The fraction of sp³-hybridized carbons (Fsp3) is 0.154. The van der Waals surface area contributed by atoms with E-state index in [0.717, 1.165) is 0 Å². The minimum atomic E-state index is -0.393. The fourth-order valence-corrected chi connectivity index (χ4v) is 3.56. The van der Waals surface area contributed by atoms with E-state index >= 15 is 0 Å². The maximum Gasteiger partial charge on any atom is 0.262 e. The van der Waals surface area contributed by atoms with Crippen molar-refractivity contribution in [2.45, 2.75) is 13.5 Å². The number of benzene rings is 3. The molecule has 0 aliphatic rings. The van der Waals surface area contributed by atoms with Gasteiger partial charge in [-0.15, -0.1) is 0 Å². The first-order valence-corrected chi connectivity index (χ1v) is 10.9. The zero-order chi connectivity index (χ0) is 24.8. The first-order valence-electron chi connectivity index (χ1n) is 10.9. The van der Waals surface area contributed by atoms with Crippen LogP contribution >= 0.6 is 0 Å². The summed E-state index contributed by atoms with van der Waals surface area (Å²) in [6.07, 6.45) is 0. The standard InChI is InChI=1S/C26H24N4O5/c1-17-27-21-11-4-3-10-20(21)26(33)30(17)15-24(31)28-18-8-7-9-19(14-18)29-25(32)16-35-23-13-6-5-12-22(23)34-2/h3-14H,15-16H2,1-2H3,(H,28,31)(H,29,32). The number of hydrogen-bond acceptors (Lipinski definition) is 6. The third-order valence-corrected chi connectivity index (χ3v) is 5.21. The monoisotopic (exact) mass is 472 g/mol. The molecule has 4 aromatic rings. The smallest absolute Gasteiger partial charge is 0.262 e. The molecule has 1 heterocycles. The molecule has 9 nitrogen and oxygen atoms in total. The average Bonchev–Trinajstić information content (AvgIpc) is 2.85. The van der Waals surface area contributed by atoms with Crippen LogP contribution in [0.1, 0.15) is 5.82 Å². The minimum Gasteiger partial charge on any atom is -0.493 e. The van der Waals surface area contributed by atoms with Gasteiger partial charge in [-0.05, 0) is 49.4 Å². The maximum atomic E-state index is 12.8. The molecule has 178 valence electrons. The summed E-state index contributed by atoms with van der Waals surface area (Å²) >= 11 is 0. The summed E-state index contributed by atoms with van der Waals surface area (Å²) in [5, 5.41) is 5.93. The summed E-state index contributed by atoms with van der Waals surface area (Å²) in [5.41, 5.74) is 1.26. The number of anilines is 2. The van der Waals surface area contributed by atoms with Gasteiger partial charge < -0.3 is 20.1 Å². The lowest BCUT2D eigenvalue weighted by atomic mass is 10.2. The Bertz CT molecular complexity index is 1450. The Balaban J connectivity index is 1.38. The van der Waals surface area contributed by atoms with Gasteiger partial charge >= 0.3 is 0 Å². The molecule has 0 aliphatic heterocycles. The highest BCUT2D eigenvalue weighted by Crippen LogP contribution is 2.25. The van der Waals surface area contributed by atoms with Crippen LogP contribution in [0.2, 0.25) is 0 Å². The highest BCUT2D eigenvalue weighted by molar-refractivity contribution is 5.94. The Kier molecular flexibility index (Phi) is 7.06. The molecule has 0 bridgehead atoms. The Morgan fingerprint density at radius 1 is 0.886 bits per heavy atom. The van der Waals surface area contributed by atoms with Crippen molar-refractivity contribution >= 4 is 34.1 Å². The van der Waals surface area contributed by atoms with E-state index in [9.17, 15) is 14.4 Å². The molecule has 0 aliphatic carbocycles. The molecule has 1 aromatic heterocycles. The molecule has 0 fully saturated rings. The third-order valence-electron chi connectivity index (χ3n) is 5.21. The molecule has 2 amide bonds. The van der Waals surface area contributed by atoms with Gasteiger partial charge in [0.15, 0.2) is 18.1 Å². The highest BCUT2D eigenvalue weighted by Gasteiger charge is 2.12. The summed E-state index contributed by atoms with van der Waals surface area (Å²) < 4.78 is 12.1. The second kappa shape index (κ2) is 10.5. The van der Waals surface area contributed by atoms with Crippen LogP contribution in [0, 0.1) is 6.92 Å². The van der Waals surface area contributed by atoms with Crippen molar-refractivity contribution in [3.8, 4) is 11.5 Å². The number of aryl methyl sites for hydroxylation is 1. The summed E-state index contributed by atoms with van der Waals surface area (Å²) in [4.78, 5) is 42.2. The lowest BCUT2D eigenvalue weighted by Gasteiger charge is -2.13. The first kappa shape index (κ1) is 23.5. The van der Waals surface area contributed by atoms with E-state index in [4.69, 9.17) is 9.47 Å². The summed E-state index contributed by atoms with van der Waals surface area (Å²) in [7, 11) is 1.52. The van der Waals surface area contributed by atoms with E-state index in [1.54, 1.807) is 73.7 Å². The molecule has 4 rings (SSSR count). The largest absolute Gasteiger partial charge is 0.493 e. The Morgan fingerprint density at radius 3 is 2.29 bits per heavy atom. The topological polar surface area (TPSA) is 112 Å². The second-order valence-corrected chi connectivity index (χ2v) is 7.68. The maximum absolute atomic E-state index is 12.8. The minimum absolute atomic E-state index is 0.189. The van der Waals surface area contributed by atoms with Gasteiger partial charge in [0, 0.05) is 11.4 Å². The van der Waals surface area contributed by atoms with Crippen LogP contribution in [-0.2, 0) is 16.1 Å². The molecule has 0 atom stereocenters. The summed E-state index contributed by atoms with van der Waals surface area (Å²) in [6, 6.07) is 20.7. The Morgan fingerprint density at radius 2 is 1.54 bits per heavy atom. The molecular formula is C26H24N4O5. The number of aromatic nitrogens is 2. The molecule has 0 saturated carbocycles. The van der Waals surface area contributed by atoms with Crippen LogP contribution in [0.4, 0.5) is 11.4 Å². The Hall–Kier alpha value is -4.66. The number of nitrogens with zero attached hydrogens (tertiary/aromatic N) is 2. The van der Waals surface area contributed by atoms with E-state index in [1.165, 1.54) is 11.7 Å².